The van der Waals surface area contributed by atoms with E-state index in [2.05, 4.69) is 43.5 Å². The third-order valence-electron chi connectivity index (χ3n) is 11.1. The number of hydrogen-bond acceptors (Lipinski definition) is 3. The molecule has 3 N–H and O–H groups in total. The summed E-state index contributed by atoms with van der Waals surface area (Å²) in [4.78, 5) is 12.4. The Balaban J connectivity index is 3.56. The first-order valence-corrected chi connectivity index (χ1v) is 24.2. The Labute approximate surface area is 338 Å². The van der Waals surface area contributed by atoms with Crippen LogP contribution in [-0.4, -0.2) is 34.9 Å². The van der Waals surface area contributed by atoms with Gasteiger partial charge in [0, 0.05) is 6.42 Å². The van der Waals surface area contributed by atoms with Crippen LogP contribution in [0.1, 0.15) is 258 Å². The van der Waals surface area contributed by atoms with E-state index in [1.807, 2.05) is 6.08 Å². The van der Waals surface area contributed by atoms with Crippen LogP contribution >= 0.6 is 0 Å². The van der Waals surface area contributed by atoms with Crippen molar-refractivity contribution in [3.63, 3.8) is 0 Å². The zero-order chi connectivity index (χ0) is 39.3. The summed E-state index contributed by atoms with van der Waals surface area (Å²) in [6, 6.07) is -0.640. The number of unbranched alkanes of at least 4 members (excludes halogenated alkanes) is 33. The van der Waals surface area contributed by atoms with Gasteiger partial charge < -0.3 is 15.5 Å². The Morgan fingerprint density at radius 3 is 1.07 bits per heavy atom. The summed E-state index contributed by atoms with van der Waals surface area (Å²) in [5.41, 5.74) is 0. The minimum Gasteiger partial charge on any atom is -0.394 e. The van der Waals surface area contributed by atoms with Gasteiger partial charge in [0.2, 0.25) is 5.91 Å². The molecule has 0 aromatic heterocycles. The van der Waals surface area contributed by atoms with E-state index in [1.54, 1.807) is 6.08 Å². The lowest BCUT2D eigenvalue weighted by Gasteiger charge is -2.19. The molecule has 0 saturated carbocycles. The molecular formula is C50H95NO3. The Morgan fingerprint density at radius 1 is 0.426 bits per heavy atom. The molecule has 0 bridgehead atoms. The average Bonchev–Trinajstić information content (AvgIpc) is 3.18. The van der Waals surface area contributed by atoms with Crippen LogP contribution in [0.2, 0.25) is 0 Å². The number of hydrogen-bond donors (Lipinski definition) is 3. The summed E-state index contributed by atoms with van der Waals surface area (Å²) in [7, 11) is 0. The Kier molecular flexibility index (Phi) is 44.8. The Bertz CT molecular complexity index is 821. The van der Waals surface area contributed by atoms with Gasteiger partial charge >= 0.3 is 0 Å². The van der Waals surface area contributed by atoms with Gasteiger partial charge in [0.05, 0.1) is 18.8 Å². The summed E-state index contributed by atoms with van der Waals surface area (Å²) in [6.07, 6.45) is 61.3. The molecule has 4 nitrogen and oxygen atoms in total. The van der Waals surface area contributed by atoms with Gasteiger partial charge in [-0.25, -0.2) is 0 Å². The number of carbonyl (C=O) groups excluding carboxylic acids is 1. The van der Waals surface area contributed by atoms with Gasteiger partial charge in [-0.15, -0.1) is 0 Å². The second kappa shape index (κ2) is 46.0. The van der Waals surface area contributed by atoms with Gasteiger partial charge in [-0.3, -0.25) is 4.79 Å². The molecule has 0 rings (SSSR count). The lowest BCUT2D eigenvalue weighted by molar-refractivity contribution is -0.123. The van der Waals surface area contributed by atoms with Crippen LogP contribution in [0.3, 0.4) is 0 Å². The molecular weight excluding hydrogens is 663 g/mol. The van der Waals surface area contributed by atoms with Crippen molar-refractivity contribution >= 4 is 5.91 Å². The van der Waals surface area contributed by atoms with E-state index in [-0.39, 0.29) is 12.5 Å². The van der Waals surface area contributed by atoms with E-state index >= 15 is 0 Å². The second-order valence-corrected chi connectivity index (χ2v) is 16.5. The predicted octanol–water partition coefficient (Wildman–Crippen LogP) is 15.4. The molecule has 0 aromatic carbocycles. The summed E-state index contributed by atoms with van der Waals surface area (Å²) < 4.78 is 0. The average molecular weight is 758 g/mol. The van der Waals surface area contributed by atoms with Gasteiger partial charge in [-0.1, -0.05) is 230 Å². The highest BCUT2D eigenvalue weighted by Crippen LogP contribution is 2.16. The first-order chi connectivity index (χ1) is 26.7. The largest absolute Gasteiger partial charge is 0.394 e. The lowest BCUT2D eigenvalue weighted by atomic mass is 10.0. The number of allylic oxidation sites excluding steroid dienone is 5. The number of rotatable bonds is 44. The van der Waals surface area contributed by atoms with E-state index in [1.165, 1.54) is 205 Å². The van der Waals surface area contributed by atoms with Crippen LogP contribution in [0, 0.1) is 0 Å². The zero-order valence-electron chi connectivity index (χ0n) is 36.5. The molecule has 0 fully saturated rings. The topological polar surface area (TPSA) is 69.6 Å². The maximum Gasteiger partial charge on any atom is 0.220 e. The summed E-state index contributed by atoms with van der Waals surface area (Å²) in [5.74, 6) is -0.0769. The van der Waals surface area contributed by atoms with Gasteiger partial charge in [0.1, 0.15) is 0 Å². The highest BCUT2D eigenvalue weighted by atomic mass is 16.3. The van der Waals surface area contributed by atoms with E-state index in [0.717, 1.165) is 32.1 Å². The quantitative estimate of drug-likeness (QED) is 0.0428. The SMILES string of the molecule is CCCCCCCC/C=C\CCCCCCCCCC(=O)NC(CO)C(O)/C=C/CC/C=C/CCCCCCCCCCCCCCCCCCCCC. The van der Waals surface area contributed by atoms with Crippen molar-refractivity contribution in [2.45, 2.75) is 270 Å². The van der Waals surface area contributed by atoms with Gasteiger partial charge in [0.25, 0.3) is 0 Å². The molecule has 318 valence electrons. The van der Waals surface area contributed by atoms with Crippen molar-refractivity contribution in [3.05, 3.63) is 36.5 Å². The van der Waals surface area contributed by atoms with E-state index in [4.69, 9.17) is 0 Å². The standard InChI is InChI=1S/C50H95NO3/c1-3-5-7-9-11-13-15-17-19-21-22-23-24-25-26-27-28-30-31-33-35-37-39-41-43-45-49(53)48(47-52)51-50(54)46-44-42-40-38-36-34-32-29-20-18-16-14-12-10-8-6-4-2/h18,20,35,37,43,45,48-49,52-53H,3-17,19,21-34,36,38-42,44,46-47H2,1-2H3,(H,51,54)/b20-18-,37-35+,45-43+. The molecule has 4 heteroatoms. The minimum atomic E-state index is -0.863. The minimum absolute atomic E-state index is 0.0769. The van der Waals surface area contributed by atoms with Gasteiger partial charge in [0.15, 0.2) is 0 Å². The van der Waals surface area contributed by atoms with Crippen molar-refractivity contribution in [2.24, 2.45) is 0 Å². The van der Waals surface area contributed by atoms with Crippen LogP contribution in [0.15, 0.2) is 36.5 Å². The van der Waals surface area contributed by atoms with Crippen LogP contribution in [0.25, 0.3) is 0 Å². The van der Waals surface area contributed by atoms with Crippen LogP contribution in [0.5, 0.6) is 0 Å². The molecule has 0 aliphatic carbocycles. The molecule has 2 atom stereocenters. The van der Waals surface area contributed by atoms with Crippen molar-refractivity contribution in [1.29, 1.82) is 0 Å². The summed E-state index contributed by atoms with van der Waals surface area (Å²) in [5, 5.41) is 23.0. The first kappa shape index (κ1) is 52.6. The third kappa shape index (κ3) is 41.8. The number of nitrogens with one attached hydrogen (secondary N) is 1. The monoisotopic (exact) mass is 758 g/mol. The molecule has 0 aliphatic rings. The first-order valence-electron chi connectivity index (χ1n) is 24.2. The maximum absolute atomic E-state index is 12.4. The third-order valence-corrected chi connectivity index (χ3v) is 11.1. The van der Waals surface area contributed by atoms with Crippen molar-refractivity contribution in [2.75, 3.05) is 6.61 Å². The van der Waals surface area contributed by atoms with Gasteiger partial charge in [-0.2, -0.15) is 0 Å². The zero-order valence-corrected chi connectivity index (χ0v) is 36.5. The Hall–Kier alpha value is -1.39. The number of carbonyl (C=O) groups is 1. The van der Waals surface area contributed by atoms with E-state index in [9.17, 15) is 15.0 Å². The predicted molar refractivity (Wildman–Crippen MR) is 239 cm³/mol. The molecule has 0 spiro atoms. The fourth-order valence-corrected chi connectivity index (χ4v) is 7.37. The highest BCUT2D eigenvalue weighted by Gasteiger charge is 2.17. The van der Waals surface area contributed by atoms with E-state index in [0.29, 0.717) is 6.42 Å². The van der Waals surface area contributed by atoms with Gasteiger partial charge in [-0.05, 0) is 57.8 Å². The molecule has 2 unspecified atom stereocenters. The molecule has 54 heavy (non-hydrogen) atoms. The lowest BCUT2D eigenvalue weighted by Crippen LogP contribution is -2.45. The van der Waals surface area contributed by atoms with E-state index < -0.39 is 12.1 Å². The molecule has 0 aromatic rings. The summed E-state index contributed by atoms with van der Waals surface area (Å²) >= 11 is 0. The van der Waals surface area contributed by atoms with Crippen LogP contribution in [0.4, 0.5) is 0 Å². The van der Waals surface area contributed by atoms with Crippen molar-refractivity contribution in [3.8, 4) is 0 Å². The van der Waals surface area contributed by atoms with Crippen LogP contribution in [-0.2, 0) is 4.79 Å². The Morgan fingerprint density at radius 2 is 0.722 bits per heavy atom. The van der Waals surface area contributed by atoms with Crippen molar-refractivity contribution < 1.29 is 15.0 Å². The molecule has 0 aliphatic heterocycles. The molecule has 0 saturated heterocycles. The molecule has 1 amide bonds. The normalized spacial score (nSPS) is 13.2. The molecule has 0 heterocycles. The van der Waals surface area contributed by atoms with Crippen LogP contribution < -0.4 is 5.32 Å². The second-order valence-electron chi connectivity index (χ2n) is 16.5. The fourth-order valence-electron chi connectivity index (χ4n) is 7.37. The smallest absolute Gasteiger partial charge is 0.220 e. The summed E-state index contributed by atoms with van der Waals surface area (Å²) in [6.45, 7) is 4.31. The maximum atomic E-state index is 12.4. The van der Waals surface area contributed by atoms with Crippen molar-refractivity contribution in [1.82, 2.24) is 5.32 Å². The number of amides is 1. The highest BCUT2D eigenvalue weighted by molar-refractivity contribution is 5.76. The molecule has 0 radical (unpaired) electrons. The number of aliphatic hydroxyl groups is 2. The number of aliphatic hydroxyl groups excluding tert-OH is 2. The fraction of sp³-hybridized carbons (Fsp3) is 0.860.